The molecular formula is C10H21NO3. The van der Waals surface area contributed by atoms with Crippen LogP contribution in [0.4, 0.5) is 0 Å². The van der Waals surface area contributed by atoms with Gasteiger partial charge in [0, 0.05) is 13.2 Å². The maximum Gasteiger partial charge on any atom is 0.323 e. The van der Waals surface area contributed by atoms with Crippen LogP contribution in [0.1, 0.15) is 33.6 Å². The predicted octanol–water partition coefficient (Wildman–Crippen LogP) is 1.24. The van der Waals surface area contributed by atoms with Crippen molar-refractivity contribution in [1.29, 1.82) is 0 Å². The van der Waals surface area contributed by atoms with Crippen LogP contribution in [0.5, 0.6) is 0 Å². The van der Waals surface area contributed by atoms with Crippen molar-refractivity contribution >= 4 is 5.97 Å². The SMILES string of the molecule is CC(C)COCCCC(C)(N)C(=O)O. The fraction of sp³-hybridized carbons (Fsp3) is 0.900. The van der Waals surface area contributed by atoms with E-state index in [2.05, 4.69) is 13.8 Å². The molecule has 0 spiro atoms. The van der Waals surface area contributed by atoms with Gasteiger partial charge in [0.25, 0.3) is 0 Å². The topological polar surface area (TPSA) is 72.5 Å². The Morgan fingerprint density at radius 2 is 2.14 bits per heavy atom. The molecule has 0 fully saturated rings. The summed E-state index contributed by atoms with van der Waals surface area (Å²) in [4.78, 5) is 10.6. The third kappa shape index (κ3) is 5.94. The molecule has 0 amide bonds. The molecule has 0 bridgehead atoms. The number of aliphatic carboxylic acids is 1. The first kappa shape index (κ1) is 13.4. The molecule has 0 saturated carbocycles. The van der Waals surface area contributed by atoms with Gasteiger partial charge in [0.05, 0.1) is 0 Å². The quantitative estimate of drug-likeness (QED) is 0.611. The third-order valence-electron chi connectivity index (χ3n) is 1.92. The molecule has 1 unspecified atom stereocenters. The Kier molecular flexibility index (Phi) is 5.72. The Labute approximate surface area is 85.4 Å². The molecule has 84 valence electrons. The standard InChI is InChI=1S/C10H21NO3/c1-8(2)7-14-6-4-5-10(3,11)9(12)13/h8H,4-7,11H2,1-3H3,(H,12,13). The lowest BCUT2D eigenvalue weighted by Crippen LogP contribution is -2.44. The molecule has 14 heavy (non-hydrogen) atoms. The Bertz CT molecular complexity index is 178. The van der Waals surface area contributed by atoms with Gasteiger partial charge in [0.2, 0.25) is 0 Å². The zero-order valence-corrected chi connectivity index (χ0v) is 9.25. The molecule has 0 aliphatic rings. The minimum atomic E-state index is -1.12. The minimum absolute atomic E-state index is 0.445. The van der Waals surface area contributed by atoms with Crippen LogP contribution in [0.3, 0.4) is 0 Å². The van der Waals surface area contributed by atoms with E-state index in [1.807, 2.05) is 0 Å². The summed E-state index contributed by atoms with van der Waals surface area (Å²) in [5.74, 6) is -0.444. The van der Waals surface area contributed by atoms with Crippen molar-refractivity contribution in [2.45, 2.75) is 39.2 Å². The monoisotopic (exact) mass is 203 g/mol. The molecule has 0 heterocycles. The van der Waals surface area contributed by atoms with Crippen LogP contribution in [0.15, 0.2) is 0 Å². The van der Waals surface area contributed by atoms with Gasteiger partial charge in [0.1, 0.15) is 5.54 Å². The van der Waals surface area contributed by atoms with Gasteiger partial charge in [-0.3, -0.25) is 4.79 Å². The van der Waals surface area contributed by atoms with Crippen molar-refractivity contribution in [3.8, 4) is 0 Å². The number of hydrogen-bond acceptors (Lipinski definition) is 3. The summed E-state index contributed by atoms with van der Waals surface area (Å²) in [6, 6.07) is 0. The second-order valence-electron chi connectivity index (χ2n) is 4.29. The lowest BCUT2D eigenvalue weighted by Gasteiger charge is -2.18. The van der Waals surface area contributed by atoms with Crippen molar-refractivity contribution in [2.75, 3.05) is 13.2 Å². The Morgan fingerprint density at radius 3 is 2.57 bits per heavy atom. The maximum absolute atomic E-state index is 10.6. The van der Waals surface area contributed by atoms with Crippen molar-refractivity contribution in [1.82, 2.24) is 0 Å². The average Bonchev–Trinajstić information content (AvgIpc) is 2.02. The van der Waals surface area contributed by atoms with E-state index in [4.69, 9.17) is 15.6 Å². The summed E-state index contributed by atoms with van der Waals surface area (Å²) in [5, 5.41) is 8.72. The second kappa shape index (κ2) is 5.98. The van der Waals surface area contributed by atoms with E-state index < -0.39 is 11.5 Å². The molecule has 0 rings (SSSR count). The van der Waals surface area contributed by atoms with Gasteiger partial charge in [-0.15, -0.1) is 0 Å². The molecule has 0 aromatic heterocycles. The molecular weight excluding hydrogens is 182 g/mol. The van der Waals surface area contributed by atoms with Gasteiger partial charge in [-0.25, -0.2) is 0 Å². The van der Waals surface area contributed by atoms with Gasteiger partial charge in [-0.05, 0) is 25.7 Å². The van der Waals surface area contributed by atoms with Crippen LogP contribution in [0, 0.1) is 5.92 Å². The number of hydrogen-bond donors (Lipinski definition) is 2. The van der Waals surface area contributed by atoms with Crippen LogP contribution in [-0.2, 0) is 9.53 Å². The number of carboxylic acids is 1. The summed E-state index contributed by atoms with van der Waals surface area (Å²) >= 11 is 0. The van der Waals surface area contributed by atoms with E-state index in [1.165, 1.54) is 6.92 Å². The first-order chi connectivity index (χ1) is 6.36. The van der Waals surface area contributed by atoms with E-state index in [9.17, 15) is 4.79 Å². The van der Waals surface area contributed by atoms with Gasteiger partial charge in [-0.1, -0.05) is 13.8 Å². The first-order valence-corrected chi connectivity index (χ1v) is 4.96. The lowest BCUT2D eigenvalue weighted by atomic mass is 9.98. The van der Waals surface area contributed by atoms with Gasteiger partial charge >= 0.3 is 5.97 Å². The van der Waals surface area contributed by atoms with Crippen LogP contribution in [-0.4, -0.2) is 29.8 Å². The number of carbonyl (C=O) groups is 1. The molecule has 4 heteroatoms. The molecule has 0 aromatic carbocycles. The van der Waals surface area contributed by atoms with Gasteiger partial charge in [0.15, 0.2) is 0 Å². The molecule has 4 nitrogen and oxygen atoms in total. The van der Waals surface area contributed by atoms with Crippen LogP contribution < -0.4 is 5.73 Å². The van der Waals surface area contributed by atoms with E-state index in [0.717, 1.165) is 0 Å². The zero-order chi connectivity index (χ0) is 11.2. The van der Waals surface area contributed by atoms with Crippen molar-refractivity contribution < 1.29 is 14.6 Å². The maximum atomic E-state index is 10.6. The molecule has 3 N–H and O–H groups in total. The number of ether oxygens (including phenoxy) is 1. The smallest absolute Gasteiger partial charge is 0.323 e. The summed E-state index contributed by atoms with van der Waals surface area (Å²) in [7, 11) is 0. The average molecular weight is 203 g/mol. The van der Waals surface area contributed by atoms with Gasteiger partial charge < -0.3 is 15.6 Å². The second-order valence-corrected chi connectivity index (χ2v) is 4.29. The molecule has 0 radical (unpaired) electrons. The number of nitrogens with two attached hydrogens (primary N) is 1. The van der Waals surface area contributed by atoms with E-state index >= 15 is 0 Å². The third-order valence-corrected chi connectivity index (χ3v) is 1.92. The predicted molar refractivity (Wildman–Crippen MR) is 55.1 cm³/mol. The highest BCUT2D eigenvalue weighted by Crippen LogP contribution is 2.09. The van der Waals surface area contributed by atoms with Crippen molar-refractivity contribution in [3.63, 3.8) is 0 Å². The number of carboxylic acid groups (broad SMARTS) is 1. The van der Waals surface area contributed by atoms with Crippen molar-refractivity contribution in [2.24, 2.45) is 11.7 Å². The van der Waals surface area contributed by atoms with Crippen molar-refractivity contribution in [3.05, 3.63) is 0 Å². The fourth-order valence-corrected chi connectivity index (χ4v) is 0.967. The van der Waals surface area contributed by atoms with Crippen LogP contribution in [0.25, 0.3) is 0 Å². The summed E-state index contributed by atoms with van der Waals surface area (Å²) in [6.45, 7) is 6.97. The highest BCUT2D eigenvalue weighted by Gasteiger charge is 2.26. The Balaban J connectivity index is 3.49. The summed E-state index contributed by atoms with van der Waals surface area (Å²) < 4.78 is 5.32. The van der Waals surface area contributed by atoms with E-state index in [1.54, 1.807) is 0 Å². The fourth-order valence-electron chi connectivity index (χ4n) is 0.967. The molecule has 0 saturated heterocycles. The van der Waals surface area contributed by atoms with Gasteiger partial charge in [-0.2, -0.15) is 0 Å². The highest BCUT2D eigenvalue weighted by molar-refractivity contribution is 5.77. The molecule has 0 aliphatic carbocycles. The summed E-state index contributed by atoms with van der Waals surface area (Å²) in [6.07, 6.45) is 1.13. The Morgan fingerprint density at radius 1 is 1.57 bits per heavy atom. The van der Waals surface area contributed by atoms with E-state index in [-0.39, 0.29) is 0 Å². The first-order valence-electron chi connectivity index (χ1n) is 4.96. The van der Waals surface area contributed by atoms with Crippen LogP contribution >= 0.6 is 0 Å². The Hall–Kier alpha value is -0.610. The molecule has 0 aliphatic heterocycles. The lowest BCUT2D eigenvalue weighted by molar-refractivity contribution is -0.143. The largest absolute Gasteiger partial charge is 0.480 e. The highest BCUT2D eigenvalue weighted by atomic mass is 16.5. The summed E-state index contributed by atoms with van der Waals surface area (Å²) in [5.41, 5.74) is 4.42. The number of rotatable bonds is 7. The van der Waals surface area contributed by atoms with Crippen LogP contribution in [0.2, 0.25) is 0 Å². The molecule has 1 atom stereocenters. The normalized spacial score (nSPS) is 15.5. The molecule has 0 aromatic rings. The zero-order valence-electron chi connectivity index (χ0n) is 9.25. The van der Waals surface area contributed by atoms with E-state index in [0.29, 0.717) is 32.0 Å². The minimum Gasteiger partial charge on any atom is -0.480 e.